The first-order chi connectivity index (χ1) is 6.20. The van der Waals surface area contributed by atoms with E-state index in [4.69, 9.17) is 12.2 Å². The second-order valence-corrected chi connectivity index (χ2v) is 3.51. The first-order valence-corrected chi connectivity index (χ1v) is 4.47. The summed E-state index contributed by atoms with van der Waals surface area (Å²) in [5.41, 5.74) is 2.34. The van der Waals surface area contributed by atoms with Gasteiger partial charge >= 0.3 is 0 Å². The third kappa shape index (κ3) is 1.23. The molecule has 0 radical (unpaired) electrons. The molecule has 0 aromatic heterocycles. The fourth-order valence-corrected chi connectivity index (χ4v) is 1.80. The van der Waals surface area contributed by atoms with E-state index in [-0.39, 0.29) is 5.78 Å². The van der Waals surface area contributed by atoms with Crippen molar-refractivity contribution < 1.29 is 4.79 Å². The third-order valence-electron chi connectivity index (χ3n) is 2.14. The van der Waals surface area contributed by atoms with E-state index < -0.39 is 0 Å². The van der Waals surface area contributed by atoms with Crippen LogP contribution in [-0.2, 0) is 0 Å². The summed E-state index contributed by atoms with van der Waals surface area (Å²) in [6.45, 7) is 1.80. The summed E-state index contributed by atoms with van der Waals surface area (Å²) in [5, 5.41) is 0. The van der Waals surface area contributed by atoms with Crippen LogP contribution in [-0.4, -0.2) is 10.6 Å². The second kappa shape index (κ2) is 2.89. The predicted octanol–water partition coefficient (Wildman–Crippen LogP) is 2.55. The molecule has 2 rings (SSSR count). The Kier molecular flexibility index (Phi) is 1.85. The zero-order valence-electron chi connectivity index (χ0n) is 7.20. The molecule has 0 saturated carbocycles. The molecule has 1 aliphatic rings. The maximum absolute atomic E-state index is 11.6. The number of hydrogen-bond donors (Lipinski definition) is 0. The van der Waals surface area contributed by atoms with Crippen molar-refractivity contribution >= 4 is 22.9 Å². The van der Waals surface area contributed by atoms with Crippen molar-refractivity contribution in [2.75, 3.05) is 0 Å². The van der Waals surface area contributed by atoms with Gasteiger partial charge in [-0.05, 0) is 18.6 Å². The van der Waals surface area contributed by atoms with Crippen molar-refractivity contribution in [3.8, 4) is 0 Å². The maximum Gasteiger partial charge on any atom is 0.189 e. The quantitative estimate of drug-likeness (QED) is 0.582. The topological polar surface area (TPSA) is 17.1 Å². The molecule has 0 saturated heterocycles. The Balaban J connectivity index is 2.69. The number of allylic oxidation sites excluding steroid dienone is 2. The number of ketones is 1. The van der Waals surface area contributed by atoms with E-state index in [2.05, 4.69) is 0 Å². The minimum atomic E-state index is 0.0872. The summed E-state index contributed by atoms with van der Waals surface area (Å²) in [5.74, 6) is 0.0872. The molecule has 1 aromatic carbocycles. The normalized spacial score (nSPS) is 15.3. The van der Waals surface area contributed by atoms with Crippen LogP contribution in [0.2, 0.25) is 0 Å². The Morgan fingerprint density at radius 3 is 2.46 bits per heavy atom. The zero-order valence-corrected chi connectivity index (χ0v) is 8.02. The zero-order chi connectivity index (χ0) is 9.42. The minimum absolute atomic E-state index is 0.0872. The van der Waals surface area contributed by atoms with Gasteiger partial charge in [0, 0.05) is 16.0 Å². The molecule has 0 heterocycles. The second-order valence-electron chi connectivity index (χ2n) is 3.07. The van der Waals surface area contributed by atoms with E-state index in [0.29, 0.717) is 0 Å². The SMILES string of the molecule is CC1=CC(=S)c2ccccc2C1=O. The van der Waals surface area contributed by atoms with Gasteiger partial charge in [0.05, 0.1) is 0 Å². The Hall–Kier alpha value is -1.28. The van der Waals surface area contributed by atoms with Gasteiger partial charge in [-0.3, -0.25) is 4.79 Å². The summed E-state index contributed by atoms with van der Waals surface area (Å²) in [7, 11) is 0. The Morgan fingerprint density at radius 1 is 1.15 bits per heavy atom. The van der Waals surface area contributed by atoms with Gasteiger partial charge in [0.2, 0.25) is 0 Å². The lowest BCUT2D eigenvalue weighted by Crippen LogP contribution is -2.14. The van der Waals surface area contributed by atoms with Crippen LogP contribution in [0.25, 0.3) is 0 Å². The fourth-order valence-electron chi connectivity index (χ4n) is 1.45. The number of fused-ring (bicyclic) bond motifs is 1. The first-order valence-electron chi connectivity index (χ1n) is 4.06. The van der Waals surface area contributed by atoms with Gasteiger partial charge in [-0.25, -0.2) is 0 Å². The smallest absolute Gasteiger partial charge is 0.189 e. The highest BCUT2D eigenvalue weighted by atomic mass is 32.1. The predicted molar refractivity (Wildman–Crippen MR) is 56.2 cm³/mol. The van der Waals surface area contributed by atoms with Gasteiger partial charge in [-0.2, -0.15) is 0 Å². The molecule has 1 nitrogen and oxygen atoms in total. The van der Waals surface area contributed by atoms with Crippen LogP contribution in [0.15, 0.2) is 35.9 Å². The molecule has 1 aromatic rings. The van der Waals surface area contributed by atoms with Gasteiger partial charge in [0.25, 0.3) is 0 Å². The van der Waals surface area contributed by atoms with Crippen molar-refractivity contribution in [2.24, 2.45) is 0 Å². The molecular weight excluding hydrogens is 180 g/mol. The summed E-state index contributed by atoms with van der Waals surface area (Å²) < 4.78 is 0. The average Bonchev–Trinajstić information content (AvgIpc) is 2.15. The van der Waals surface area contributed by atoms with Gasteiger partial charge in [0.1, 0.15) is 0 Å². The van der Waals surface area contributed by atoms with E-state index in [1.807, 2.05) is 24.3 Å². The first kappa shape index (κ1) is 8.32. The monoisotopic (exact) mass is 188 g/mol. The van der Waals surface area contributed by atoms with Crippen molar-refractivity contribution in [2.45, 2.75) is 6.92 Å². The molecule has 0 spiro atoms. The summed E-state index contributed by atoms with van der Waals surface area (Å²) in [6, 6.07) is 7.46. The molecule has 0 bridgehead atoms. The minimum Gasteiger partial charge on any atom is -0.289 e. The third-order valence-corrected chi connectivity index (χ3v) is 2.48. The highest BCUT2D eigenvalue weighted by molar-refractivity contribution is 7.81. The molecule has 0 aliphatic heterocycles. The highest BCUT2D eigenvalue weighted by Crippen LogP contribution is 2.20. The summed E-state index contributed by atoms with van der Waals surface area (Å²) in [4.78, 5) is 12.4. The fraction of sp³-hybridized carbons (Fsp3) is 0.0909. The molecule has 0 fully saturated rings. The molecule has 0 N–H and O–H groups in total. The lowest BCUT2D eigenvalue weighted by atomic mass is 9.91. The number of Topliss-reactive ketones (excluding diaryl/α,β-unsaturated/α-hetero) is 1. The van der Waals surface area contributed by atoms with Crippen molar-refractivity contribution in [1.29, 1.82) is 0 Å². The van der Waals surface area contributed by atoms with Crippen LogP contribution < -0.4 is 0 Å². The van der Waals surface area contributed by atoms with E-state index in [9.17, 15) is 4.79 Å². The number of carbonyl (C=O) groups is 1. The van der Waals surface area contributed by atoms with Crippen molar-refractivity contribution in [1.82, 2.24) is 0 Å². The van der Waals surface area contributed by atoms with Crippen molar-refractivity contribution in [3.63, 3.8) is 0 Å². The molecule has 0 atom stereocenters. The summed E-state index contributed by atoms with van der Waals surface area (Å²) >= 11 is 5.16. The van der Waals surface area contributed by atoms with E-state index in [1.54, 1.807) is 13.0 Å². The Morgan fingerprint density at radius 2 is 1.77 bits per heavy atom. The standard InChI is InChI=1S/C11H8OS/c1-7-6-10(13)8-4-2-3-5-9(8)11(7)12/h2-6H,1H3. The molecule has 13 heavy (non-hydrogen) atoms. The number of hydrogen-bond acceptors (Lipinski definition) is 2. The van der Waals surface area contributed by atoms with Crippen LogP contribution in [0.5, 0.6) is 0 Å². The number of carbonyl (C=O) groups excluding carboxylic acids is 1. The van der Waals surface area contributed by atoms with Gasteiger partial charge in [0.15, 0.2) is 5.78 Å². The van der Waals surface area contributed by atoms with Gasteiger partial charge in [-0.15, -0.1) is 0 Å². The number of rotatable bonds is 0. The molecule has 0 amide bonds. The number of benzene rings is 1. The highest BCUT2D eigenvalue weighted by Gasteiger charge is 2.19. The lowest BCUT2D eigenvalue weighted by molar-refractivity contribution is 0.103. The Labute approximate surface area is 82.1 Å². The molecule has 64 valence electrons. The van der Waals surface area contributed by atoms with E-state index in [0.717, 1.165) is 21.6 Å². The molecular formula is C11H8OS. The van der Waals surface area contributed by atoms with Crippen LogP contribution in [0.3, 0.4) is 0 Å². The lowest BCUT2D eigenvalue weighted by Gasteiger charge is -2.13. The number of thiocarbonyl (C=S) groups is 1. The van der Waals surface area contributed by atoms with Gasteiger partial charge < -0.3 is 0 Å². The van der Waals surface area contributed by atoms with Gasteiger partial charge in [-0.1, -0.05) is 36.5 Å². The van der Waals surface area contributed by atoms with Crippen LogP contribution in [0, 0.1) is 0 Å². The average molecular weight is 188 g/mol. The van der Waals surface area contributed by atoms with E-state index >= 15 is 0 Å². The van der Waals surface area contributed by atoms with Crippen LogP contribution in [0.1, 0.15) is 22.8 Å². The van der Waals surface area contributed by atoms with Crippen LogP contribution in [0.4, 0.5) is 0 Å². The largest absolute Gasteiger partial charge is 0.289 e. The maximum atomic E-state index is 11.6. The van der Waals surface area contributed by atoms with Crippen molar-refractivity contribution in [3.05, 3.63) is 47.0 Å². The Bertz CT molecular complexity index is 429. The summed E-state index contributed by atoms with van der Waals surface area (Å²) in [6.07, 6.45) is 1.76. The molecule has 0 unspecified atom stereocenters. The van der Waals surface area contributed by atoms with E-state index in [1.165, 1.54) is 0 Å². The molecule has 2 heteroatoms. The molecule has 1 aliphatic carbocycles. The van der Waals surface area contributed by atoms with Crippen LogP contribution >= 0.6 is 12.2 Å².